The number of pyridine rings is 1. The first-order chi connectivity index (χ1) is 12.3. The van der Waals surface area contributed by atoms with Crippen LogP contribution in [0.4, 0.5) is 19.0 Å². The van der Waals surface area contributed by atoms with Crippen LogP contribution in [0.1, 0.15) is 17.7 Å². The molecule has 26 heavy (non-hydrogen) atoms. The van der Waals surface area contributed by atoms with Crippen molar-refractivity contribution in [1.29, 1.82) is 0 Å². The lowest BCUT2D eigenvalue weighted by Crippen LogP contribution is -2.68. The predicted octanol–water partition coefficient (Wildman–Crippen LogP) is 1.66. The molecule has 3 aliphatic rings. The first-order valence-electron chi connectivity index (χ1n) is 8.37. The molecule has 2 unspecified atom stereocenters. The summed E-state index contributed by atoms with van der Waals surface area (Å²) in [4.78, 5) is 23.3. The van der Waals surface area contributed by atoms with Crippen LogP contribution in [0.25, 0.3) is 0 Å². The summed E-state index contributed by atoms with van der Waals surface area (Å²) in [5, 5.41) is 0. The topological polar surface area (TPSA) is 54.3 Å². The number of piperidine rings is 1. The fourth-order valence-corrected chi connectivity index (χ4v) is 3.71. The van der Waals surface area contributed by atoms with Gasteiger partial charge in [-0.15, -0.1) is 0 Å². The maximum Gasteiger partial charge on any atom is 0.433 e. The molecule has 3 aliphatic heterocycles. The average molecular weight is 365 g/mol. The molecule has 5 heterocycles. The summed E-state index contributed by atoms with van der Waals surface area (Å²) in [5.41, 5.74) is -0.00754. The summed E-state index contributed by atoms with van der Waals surface area (Å²) in [6.45, 7) is 1.92. The molecule has 0 amide bonds. The molecule has 2 bridgehead atoms. The van der Waals surface area contributed by atoms with Gasteiger partial charge in [0.1, 0.15) is 17.8 Å². The summed E-state index contributed by atoms with van der Waals surface area (Å²) in [6, 6.07) is 5.07. The number of aryl methyl sites for hydroxylation is 1. The molecule has 2 aromatic heterocycles. The molecular formula is C17H18F3N5O. The zero-order valence-electron chi connectivity index (χ0n) is 14.1. The van der Waals surface area contributed by atoms with Gasteiger partial charge in [0, 0.05) is 57.1 Å². The number of piperazine rings is 1. The van der Waals surface area contributed by atoms with E-state index in [-0.39, 0.29) is 17.6 Å². The number of hydrogen-bond acceptors (Lipinski definition) is 5. The van der Waals surface area contributed by atoms with Gasteiger partial charge in [-0.05, 0) is 18.1 Å². The Balaban J connectivity index is 1.45. The molecule has 0 N–H and O–H groups in total. The van der Waals surface area contributed by atoms with Crippen LogP contribution in [0.5, 0.6) is 0 Å². The first kappa shape index (κ1) is 17.0. The van der Waals surface area contributed by atoms with E-state index in [0.29, 0.717) is 25.5 Å². The normalized spacial score (nSPS) is 23.0. The van der Waals surface area contributed by atoms with Crippen LogP contribution in [0, 0.1) is 0 Å². The molecule has 3 saturated heterocycles. The summed E-state index contributed by atoms with van der Waals surface area (Å²) in [5.74, 6) is 0.315. The van der Waals surface area contributed by atoms with Crippen LogP contribution in [-0.4, -0.2) is 44.6 Å². The van der Waals surface area contributed by atoms with Crippen LogP contribution < -0.4 is 10.5 Å². The maximum atomic E-state index is 12.8. The first-order valence-corrected chi connectivity index (χ1v) is 8.37. The van der Waals surface area contributed by atoms with Crippen molar-refractivity contribution in [2.45, 2.75) is 31.2 Å². The van der Waals surface area contributed by atoms with Gasteiger partial charge in [0.15, 0.2) is 0 Å². The number of rotatable bonds is 3. The molecule has 3 fully saturated rings. The Morgan fingerprint density at radius 1 is 1.19 bits per heavy atom. The van der Waals surface area contributed by atoms with Crippen molar-refractivity contribution in [3.8, 4) is 0 Å². The van der Waals surface area contributed by atoms with Crippen molar-refractivity contribution < 1.29 is 13.2 Å². The number of hydrogen-bond donors (Lipinski definition) is 0. The lowest BCUT2D eigenvalue weighted by Gasteiger charge is -2.56. The van der Waals surface area contributed by atoms with Gasteiger partial charge in [0.05, 0.1) is 0 Å². The third-order valence-corrected chi connectivity index (χ3v) is 5.15. The second-order valence-electron chi connectivity index (χ2n) is 6.86. The number of fused-ring (bicyclic) bond motifs is 2. The Morgan fingerprint density at radius 2 is 1.92 bits per heavy atom. The number of halogens is 3. The number of nitrogens with zero attached hydrogens (tertiary/aromatic N) is 5. The van der Waals surface area contributed by atoms with E-state index >= 15 is 0 Å². The summed E-state index contributed by atoms with van der Waals surface area (Å²) in [7, 11) is 1.71. The van der Waals surface area contributed by atoms with Crippen LogP contribution >= 0.6 is 0 Å². The molecule has 5 rings (SSSR count). The summed E-state index contributed by atoms with van der Waals surface area (Å²) in [6.07, 6.45) is -0.741. The highest BCUT2D eigenvalue weighted by Gasteiger charge is 2.45. The number of aromatic nitrogens is 3. The van der Waals surface area contributed by atoms with Gasteiger partial charge in [-0.2, -0.15) is 13.2 Å². The smallest absolute Gasteiger partial charge is 0.353 e. The van der Waals surface area contributed by atoms with Gasteiger partial charge in [0.25, 0.3) is 5.56 Å². The van der Waals surface area contributed by atoms with Gasteiger partial charge in [0.2, 0.25) is 0 Å². The lowest BCUT2D eigenvalue weighted by atomic mass is 9.87. The van der Waals surface area contributed by atoms with E-state index in [0.717, 1.165) is 24.4 Å². The molecule has 0 spiro atoms. The second-order valence-corrected chi connectivity index (χ2v) is 6.86. The Hall–Kier alpha value is -2.42. The van der Waals surface area contributed by atoms with E-state index in [9.17, 15) is 18.0 Å². The quantitative estimate of drug-likeness (QED) is 0.828. The molecule has 2 aromatic rings. The van der Waals surface area contributed by atoms with Gasteiger partial charge < -0.3 is 9.47 Å². The molecule has 2 atom stereocenters. The molecule has 9 heteroatoms. The minimum Gasteiger partial charge on any atom is -0.353 e. The van der Waals surface area contributed by atoms with Crippen LogP contribution in [0.2, 0.25) is 0 Å². The van der Waals surface area contributed by atoms with E-state index in [1.54, 1.807) is 19.3 Å². The van der Waals surface area contributed by atoms with Crippen LogP contribution in [0.15, 0.2) is 35.5 Å². The minimum absolute atomic E-state index is 0.0459. The zero-order chi connectivity index (χ0) is 18.5. The molecule has 0 aliphatic carbocycles. The standard InChI is InChI=1S/C17H18F3N5O/c1-23-3-2-11(4-16(23)26)7-25-12-5-13(25)9-24(8-12)15-6-14(17(18,19)20)21-10-22-15/h2-4,6,10,12-13H,5,7-9H2,1H3. The van der Waals surface area contributed by atoms with Crippen molar-refractivity contribution >= 4 is 5.82 Å². The monoisotopic (exact) mass is 365 g/mol. The lowest BCUT2D eigenvalue weighted by molar-refractivity contribution is -0.141. The number of anilines is 1. The Bertz CT molecular complexity index is 869. The van der Waals surface area contributed by atoms with Crippen molar-refractivity contribution in [2.24, 2.45) is 7.05 Å². The molecule has 0 aromatic carbocycles. The molecule has 0 saturated carbocycles. The summed E-state index contributed by atoms with van der Waals surface area (Å²) < 4.78 is 40.0. The Labute approximate surface area is 147 Å². The average Bonchev–Trinajstić information content (AvgIpc) is 2.62. The van der Waals surface area contributed by atoms with E-state index in [1.165, 1.54) is 4.57 Å². The van der Waals surface area contributed by atoms with Crippen molar-refractivity contribution in [2.75, 3.05) is 18.0 Å². The third-order valence-electron chi connectivity index (χ3n) is 5.15. The van der Waals surface area contributed by atoms with Crippen molar-refractivity contribution in [3.63, 3.8) is 0 Å². The predicted molar refractivity (Wildman–Crippen MR) is 88.7 cm³/mol. The summed E-state index contributed by atoms with van der Waals surface area (Å²) >= 11 is 0. The van der Waals surface area contributed by atoms with Gasteiger partial charge >= 0.3 is 6.18 Å². The fourth-order valence-electron chi connectivity index (χ4n) is 3.71. The largest absolute Gasteiger partial charge is 0.433 e. The van der Waals surface area contributed by atoms with Crippen LogP contribution in [-0.2, 0) is 19.8 Å². The highest BCUT2D eigenvalue weighted by atomic mass is 19.4. The van der Waals surface area contributed by atoms with E-state index < -0.39 is 11.9 Å². The van der Waals surface area contributed by atoms with E-state index in [2.05, 4.69) is 14.9 Å². The molecule has 6 nitrogen and oxygen atoms in total. The Kier molecular flexibility index (Phi) is 3.98. The molecule has 0 radical (unpaired) electrons. The SMILES string of the molecule is Cn1ccc(CN2C3CC2CN(c2cc(C(F)(F)F)ncn2)C3)cc1=O. The Morgan fingerprint density at radius 3 is 2.58 bits per heavy atom. The van der Waals surface area contributed by atoms with Crippen molar-refractivity contribution in [1.82, 2.24) is 19.4 Å². The van der Waals surface area contributed by atoms with Gasteiger partial charge in [-0.3, -0.25) is 9.69 Å². The van der Waals surface area contributed by atoms with Crippen LogP contribution in [0.3, 0.4) is 0 Å². The number of alkyl halides is 3. The molecule has 138 valence electrons. The highest BCUT2D eigenvalue weighted by molar-refractivity contribution is 5.42. The molecular weight excluding hydrogens is 347 g/mol. The maximum absolute atomic E-state index is 12.8. The fraction of sp³-hybridized carbons (Fsp3) is 0.471. The van der Waals surface area contributed by atoms with Gasteiger partial charge in [-0.25, -0.2) is 9.97 Å². The van der Waals surface area contributed by atoms with E-state index in [1.807, 2.05) is 11.0 Å². The van der Waals surface area contributed by atoms with Gasteiger partial charge in [-0.1, -0.05) is 0 Å². The van der Waals surface area contributed by atoms with E-state index in [4.69, 9.17) is 0 Å². The second kappa shape index (κ2) is 6.08. The highest BCUT2D eigenvalue weighted by Crippen LogP contribution is 2.36. The third kappa shape index (κ3) is 3.07. The van der Waals surface area contributed by atoms with Crippen molar-refractivity contribution in [3.05, 3.63) is 52.3 Å². The minimum atomic E-state index is -4.47. The zero-order valence-corrected chi connectivity index (χ0v) is 14.1.